The molecule has 0 N–H and O–H groups in total. The van der Waals surface area contributed by atoms with Crippen LogP contribution in [0.4, 0.5) is 0 Å². The van der Waals surface area contributed by atoms with E-state index >= 15 is 0 Å². The summed E-state index contributed by atoms with van der Waals surface area (Å²) in [6.45, 7) is 29.8. The van der Waals surface area contributed by atoms with Crippen LogP contribution in [0.5, 0.6) is 0 Å². The van der Waals surface area contributed by atoms with Crippen molar-refractivity contribution in [2.75, 3.05) is 6.61 Å². The first-order valence-corrected chi connectivity index (χ1v) is 13.2. The van der Waals surface area contributed by atoms with Crippen LogP contribution >= 0.6 is 0 Å². The molecule has 23 heavy (non-hydrogen) atoms. The zero-order valence-corrected chi connectivity index (χ0v) is 20.7. The molecule has 0 bridgehead atoms. The zero-order valence-electron chi connectivity index (χ0n) is 18.4. The van der Waals surface area contributed by atoms with Crippen molar-refractivity contribution in [2.45, 2.75) is 122 Å². The van der Waals surface area contributed by atoms with E-state index in [1.165, 1.54) is 18.9 Å². The van der Waals surface area contributed by atoms with Gasteiger partial charge in [0.2, 0.25) is 0 Å². The Balaban J connectivity index is 4.46. The number of hydrogen-bond donors (Lipinski definition) is 0. The molecule has 0 aromatic carbocycles. The third kappa shape index (κ3) is 8.88. The lowest BCUT2D eigenvalue weighted by molar-refractivity contribution is 0.276. The molecule has 0 fully saturated rings. The quantitative estimate of drug-likeness (QED) is 0.369. The summed E-state index contributed by atoms with van der Waals surface area (Å²) < 4.78 is 6.48. The van der Waals surface area contributed by atoms with Crippen molar-refractivity contribution in [1.29, 1.82) is 0 Å². The van der Waals surface area contributed by atoms with Crippen molar-refractivity contribution in [2.24, 2.45) is 0 Å². The van der Waals surface area contributed by atoms with E-state index in [9.17, 15) is 0 Å². The zero-order chi connectivity index (χ0) is 18.7. The maximum Gasteiger partial charge on any atom is 0.187 e. The van der Waals surface area contributed by atoms with Crippen LogP contribution < -0.4 is 0 Å². The van der Waals surface area contributed by atoms with Gasteiger partial charge in [-0.2, -0.15) is 0 Å². The van der Waals surface area contributed by atoms with Gasteiger partial charge in [-0.05, 0) is 26.6 Å². The standard InChI is InChI=1S/C20H46OSi2/c1-17(2,3)22(18(4,5)6)16-14-13-15-21-23(19(7,8)9)20(10,11)12/h22-23H,13-16H2,1-12H3. The molecule has 0 aromatic heterocycles. The summed E-state index contributed by atoms with van der Waals surface area (Å²) >= 11 is 0. The normalized spacial score (nSPS) is 14.9. The summed E-state index contributed by atoms with van der Waals surface area (Å²) in [6.07, 6.45) is 2.59. The van der Waals surface area contributed by atoms with Crippen molar-refractivity contribution in [3.63, 3.8) is 0 Å². The minimum absolute atomic E-state index is 0.340. The van der Waals surface area contributed by atoms with Gasteiger partial charge in [-0.1, -0.05) is 95.5 Å². The fourth-order valence-corrected chi connectivity index (χ4v) is 13.6. The van der Waals surface area contributed by atoms with Crippen LogP contribution in [0.1, 0.15) is 95.9 Å². The monoisotopic (exact) mass is 358 g/mol. The lowest BCUT2D eigenvalue weighted by Crippen LogP contribution is -2.38. The van der Waals surface area contributed by atoms with Crippen LogP contribution in [0.2, 0.25) is 26.2 Å². The molecule has 0 heterocycles. The van der Waals surface area contributed by atoms with E-state index < -0.39 is 17.8 Å². The Labute approximate surface area is 151 Å². The lowest BCUT2D eigenvalue weighted by Gasteiger charge is -2.40. The summed E-state index contributed by atoms with van der Waals surface area (Å²) in [5.41, 5.74) is 0. The molecule has 0 rings (SSSR count). The van der Waals surface area contributed by atoms with E-state index in [-0.39, 0.29) is 0 Å². The van der Waals surface area contributed by atoms with Gasteiger partial charge in [0.25, 0.3) is 0 Å². The van der Waals surface area contributed by atoms with Crippen molar-refractivity contribution in [1.82, 2.24) is 0 Å². The van der Waals surface area contributed by atoms with Crippen molar-refractivity contribution in [3.8, 4) is 0 Å². The van der Waals surface area contributed by atoms with Gasteiger partial charge >= 0.3 is 0 Å². The molecule has 1 nitrogen and oxygen atoms in total. The predicted molar refractivity (Wildman–Crippen MR) is 113 cm³/mol. The SMILES string of the molecule is CC(C)(C)[SiH](CCCCO[SiH](C(C)(C)C)C(C)(C)C)C(C)(C)C. The number of unbranched alkanes of at least 4 members (excludes halogenated alkanes) is 1. The second-order valence-corrected chi connectivity index (χ2v) is 21.5. The maximum atomic E-state index is 6.48. The minimum Gasteiger partial charge on any atom is -0.419 e. The molecule has 0 saturated heterocycles. The van der Waals surface area contributed by atoms with E-state index in [0.717, 1.165) is 6.61 Å². The van der Waals surface area contributed by atoms with Crippen LogP contribution in [0, 0.1) is 0 Å². The molecule has 0 aliphatic carbocycles. The highest BCUT2D eigenvalue weighted by Crippen LogP contribution is 2.45. The maximum absolute atomic E-state index is 6.48. The highest BCUT2D eigenvalue weighted by Gasteiger charge is 2.38. The topological polar surface area (TPSA) is 9.23 Å². The van der Waals surface area contributed by atoms with Crippen LogP contribution in [0.15, 0.2) is 0 Å². The molecule has 3 heteroatoms. The van der Waals surface area contributed by atoms with E-state index in [1.54, 1.807) is 0 Å². The average Bonchev–Trinajstić information content (AvgIpc) is 2.19. The van der Waals surface area contributed by atoms with Gasteiger partial charge in [0.1, 0.15) is 0 Å². The van der Waals surface area contributed by atoms with Crippen molar-refractivity contribution < 1.29 is 4.43 Å². The highest BCUT2D eigenvalue weighted by molar-refractivity contribution is 6.65. The molecule has 0 amide bonds. The van der Waals surface area contributed by atoms with Crippen LogP contribution in [-0.2, 0) is 4.43 Å². The Kier molecular flexibility index (Phi) is 8.32. The largest absolute Gasteiger partial charge is 0.419 e. The van der Waals surface area contributed by atoms with Gasteiger partial charge in [-0.15, -0.1) is 0 Å². The molecule has 0 aliphatic rings. The molecule has 0 unspecified atom stereocenters. The molecule has 0 atom stereocenters. The van der Waals surface area contributed by atoms with Crippen LogP contribution in [0.25, 0.3) is 0 Å². The summed E-state index contributed by atoms with van der Waals surface area (Å²) in [5, 5.41) is 1.72. The smallest absolute Gasteiger partial charge is 0.187 e. The Hall–Kier alpha value is 0.394. The first-order valence-electron chi connectivity index (χ1n) is 9.59. The fourth-order valence-electron chi connectivity index (χ4n) is 4.62. The van der Waals surface area contributed by atoms with Crippen LogP contribution in [-0.4, -0.2) is 24.4 Å². The summed E-state index contributed by atoms with van der Waals surface area (Å²) in [6, 6.07) is 1.45. The van der Waals surface area contributed by atoms with E-state index in [1.807, 2.05) is 0 Å². The van der Waals surface area contributed by atoms with E-state index in [0.29, 0.717) is 20.2 Å². The average molecular weight is 359 g/mol. The Bertz CT molecular complexity index is 275. The lowest BCUT2D eigenvalue weighted by atomic mass is 10.2. The third-order valence-electron chi connectivity index (χ3n) is 4.84. The third-order valence-corrected chi connectivity index (χ3v) is 13.7. The molecule has 0 spiro atoms. The molecule has 140 valence electrons. The second-order valence-electron chi connectivity index (χ2n) is 11.8. The second kappa shape index (κ2) is 8.18. The van der Waals surface area contributed by atoms with Gasteiger partial charge in [-0.3, -0.25) is 0 Å². The molecule has 0 aliphatic heterocycles. The Morgan fingerprint density at radius 1 is 0.565 bits per heavy atom. The molecule has 0 saturated carbocycles. The fraction of sp³-hybridized carbons (Fsp3) is 1.00. The van der Waals surface area contributed by atoms with E-state index in [2.05, 4.69) is 83.1 Å². The van der Waals surface area contributed by atoms with Crippen molar-refractivity contribution >= 4 is 17.8 Å². The van der Waals surface area contributed by atoms with Crippen molar-refractivity contribution in [3.05, 3.63) is 0 Å². The van der Waals surface area contributed by atoms with E-state index in [4.69, 9.17) is 4.43 Å². The van der Waals surface area contributed by atoms with Gasteiger partial charge in [0.15, 0.2) is 9.04 Å². The molecular formula is C20H46OSi2. The summed E-state index contributed by atoms with van der Waals surface area (Å²) in [7, 11) is -2.02. The predicted octanol–water partition coefficient (Wildman–Crippen LogP) is 6.93. The minimum atomic E-state index is -1.23. The highest BCUT2D eigenvalue weighted by atomic mass is 28.3. The first-order chi connectivity index (χ1) is 9.97. The summed E-state index contributed by atoms with van der Waals surface area (Å²) in [4.78, 5) is 0. The van der Waals surface area contributed by atoms with Gasteiger partial charge < -0.3 is 4.43 Å². The summed E-state index contributed by atoms with van der Waals surface area (Å²) in [5.74, 6) is 0. The number of hydrogen-bond acceptors (Lipinski definition) is 1. The molecular weight excluding hydrogens is 312 g/mol. The molecule has 0 radical (unpaired) electrons. The van der Waals surface area contributed by atoms with Crippen LogP contribution in [0.3, 0.4) is 0 Å². The first kappa shape index (κ1) is 23.4. The van der Waals surface area contributed by atoms with Gasteiger partial charge in [0, 0.05) is 15.4 Å². The number of rotatable bonds is 6. The van der Waals surface area contributed by atoms with Gasteiger partial charge in [0.05, 0.1) is 0 Å². The van der Waals surface area contributed by atoms with Gasteiger partial charge in [-0.25, -0.2) is 0 Å². The molecule has 0 aromatic rings. The Morgan fingerprint density at radius 3 is 1.26 bits per heavy atom. The Morgan fingerprint density at radius 2 is 0.957 bits per heavy atom.